The highest BCUT2D eigenvalue weighted by atomic mass is 16.7. The van der Waals surface area contributed by atoms with Crippen LogP contribution < -0.4 is 11.1 Å². The standard InChI is InChI=1S/C21H32N2O5/c1-3-18(28-20-11-7-8-12-26-20)17(23-21(25)15(2)22)13-19(24)27-14-16-9-5-4-6-10-16/h4-6,9-10,15,17-18,20H,3,7-8,11-14,22H2,1-2H3,(H,23,25)/t15-,17-,18?,20?/m0/s1. The molecule has 1 aromatic rings. The first-order valence-electron chi connectivity index (χ1n) is 10.0. The van der Waals surface area contributed by atoms with E-state index in [1.807, 2.05) is 37.3 Å². The van der Waals surface area contributed by atoms with Crippen molar-refractivity contribution >= 4 is 11.9 Å². The van der Waals surface area contributed by atoms with Crippen LogP contribution >= 0.6 is 0 Å². The summed E-state index contributed by atoms with van der Waals surface area (Å²) in [5.74, 6) is -0.724. The second kappa shape index (κ2) is 11.8. The lowest BCUT2D eigenvalue weighted by Crippen LogP contribution is -2.51. The highest BCUT2D eigenvalue weighted by molar-refractivity contribution is 5.82. The van der Waals surface area contributed by atoms with Crippen LogP contribution in [-0.2, 0) is 30.4 Å². The van der Waals surface area contributed by atoms with Gasteiger partial charge in [0.15, 0.2) is 6.29 Å². The van der Waals surface area contributed by atoms with Crippen LogP contribution in [0, 0.1) is 0 Å². The molecule has 1 amide bonds. The maximum atomic E-state index is 12.4. The van der Waals surface area contributed by atoms with E-state index in [4.69, 9.17) is 19.9 Å². The number of amides is 1. The monoisotopic (exact) mass is 392 g/mol. The Morgan fingerprint density at radius 2 is 2.04 bits per heavy atom. The summed E-state index contributed by atoms with van der Waals surface area (Å²) < 4.78 is 17.1. The summed E-state index contributed by atoms with van der Waals surface area (Å²) in [5.41, 5.74) is 6.59. The van der Waals surface area contributed by atoms with Crippen molar-refractivity contribution in [3.8, 4) is 0 Å². The van der Waals surface area contributed by atoms with Crippen molar-refractivity contribution in [2.24, 2.45) is 5.73 Å². The van der Waals surface area contributed by atoms with E-state index in [9.17, 15) is 9.59 Å². The van der Waals surface area contributed by atoms with Gasteiger partial charge in [0.05, 0.1) is 24.6 Å². The molecule has 0 aromatic heterocycles. The molecule has 7 nitrogen and oxygen atoms in total. The van der Waals surface area contributed by atoms with E-state index < -0.39 is 18.1 Å². The average molecular weight is 392 g/mol. The summed E-state index contributed by atoms with van der Waals surface area (Å²) in [4.78, 5) is 24.6. The number of nitrogens with one attached hydrogen (secondary N) is 1. The number of benzene rings is 1. The highest BCUT2D eigenvalue weighted by Gasteiger charge is 2.30. The Balaban J connectivity index is 1.97. The molecule has 156 valence electrons. The Labute approximate surface area is 166 Å². The second-order valence-electron chi connectivity index (χ2n) is 7.13. The smallest absolute Gasteiger partial charge is 0.308 e. The van der Waals surface area contributed by atoms with Crippen molar-refractivity contribution in [3.63, 3.8) is 0 Å². The van der Waals surface area contributed by atoms with Crippen molar-refractivity contribution in [3.05, 3.63) is 35.9 Å². The van der Waals surface area contributed by atoms with Crippen LogP contribution in [-0.4, -0.2) is 43.0 Å². The fourth-order valence-corrected chi connectivity index (χ4v) is 3.06. The first-order chi connectivity index (χ1) is 13.5. The molecular weight excluding hydrogens is 360 g/mol. The van der Waals surface area contributed by atoms with E-state index in [0.717, 1.165) is 24.8 Å². The van der Waals surface area contributed by atoms with Gasteiger partial charge in [-0.2, -0.15) is 0 Å². The summed E-state index contributed by atoms with van der Waals surface area (Å²) in [7, 11) is 0. The largest absolute Gasteiger partial charge is 0.461 e. The maximum absolute atomic E-state index is 12.4. The molecule has 0 spiro atoms. The van der Waals surface area contributed by atoms with E-state index in [1.165, 1.54) is 0 Å². The third kappa shape index (κ3) is 7.58. The molecule has 1 aliphatic rings. The molecule has 7 heteroatoms. The number of hydrogen-bond donors (Lipinski definition) is 2. The van der Waals surface area contributed by atoms with Crippen molar-refractivity contribution < 1.29 is 23.8 Å². The number of nitrogens with two attached hydrogens (primary N) is 1. The van der Waals surface area contributed by atoms with Crippen LogP contribution in [0.2, 0.25) is 0 Å². The summed E-state index contributed by atoms with van der Waals surface area (Å²) in [5, 5.41) is 2.84. The average Bonchev–Trinajstić information content (AvgIpc) is 2.71. The number of rotatable bonds is 10. The lowest BCUT2D eigenvalue weighted by atomic mass is 10.0. The van der Waals surface area contributed by atoms with Gasteiger partial charge < -0.3 is 25.3 Å². The van der Waals surface area contributed by atoms with Crippen molar-refractivity contribution in [2.75, 3.05) is 6.61 Å². The number of carbonyl (C=O) groups excluding carboxylic acids is 2. The van der Waals surface area contributed by atoms with Crippen LogP contribution in [0.3, 0.4) is 0 Å². The number of carbonyl (C=O) groups is 2. The van der Waals surface area contributed by atoms with Crippen LogP contribution in [0.25, 0.3) is 0 Å². The minimum atomic E-state index is -0.675. The molecule has 0 saturated carbocycles. The van der Waals surface area contributed by atoms with Crippen LogP contribution in [0.1, 0.15) is 51.5 Å². The molecule has 28 heavy (non-hydrogen) atoms. The molecule has 2 rings (SSSR count). The van der Waals surface area contributed by atoms with Gasteiger partial charge in [0, 0.05) is 6.61 Å². The van der Waals surface area contributed by atoms with Gasteiger partial charge in [0.1, 0.15) is 6.61 Å². The topological polar surface area (TPSA) is 99.9 Å². The van der Waals surface area contributed by atoms with Crippen LogP contribution in [0.4, 0.5) is 0 Å². The Bertz CT molecular complexity index is 602. The molecule has 0 radical (unpaired) electrons. The van der Waals surface area contributed by atoms with Crippen molar-refractivity contribution in [1.82, 2.24) is 5.32 Å². The van der Waals surface area contributed by atoms with Gasteiger partial charge in [0.2, 0.25) is 5.91 Å². The van der Waals surface area contributed by atoms with E-state index in [1.54, 1.807) is 6.92 Å². The van der Waals surface area contributed by atoms with Gasteiger partial charge in [-0.15, -0.1) is 0 Å². The fraction of sp³-hybridized carbons (Fsp3) is 0.619. The van der Waals surface area contributed by atoms with Gasteiger partial charge in [-0.1, -0.05) is 37.3 Å². The van der Waals surface area contributed by atoms with E-state index >= 15 is 0 Å². The third-order valence-electron chi connectivity index (χ3n) is 4.69. The SMILES string of the molecule is CCC(OC1CCCCO1)[C@H](CC(=O)OCc1ccccc1)NC(=O)[C@H](C)N. The Hall–Kier alpha value is -1.96. The van der Waals surface area contributed by atoms with Crippen molar-refractivity contribution in [1.29, 1.82) is 0 Å². The fourth-order valence-electron chi connectivity index (χ4n) is 3.06. The van der Waals surface area contributed by atoms with E-state index in [2.05, 4.69) is 5.32 Å². The number of hydrogen-bond acceptors (Lipinski definition) is 6. The molecule has 0 bridgehead atoms. The van der Waals surface area contributed by atoms with Gasteiger partial charge >= 0.3 is 5.97 Å². The molecule has 4 atom stereocenters. The Kier molecular flexibility index (Phi) is 9.40. The number of ether oxygens (including phenoxy) is 3. The summed E-state index contributed by atoms with van der Waals surface area (Å²) in [6.07, 6.45) is 2.82. The van der Waals surface area contributed by atoms with Gasteiger partial charge in [-0.25, -0.2) is 0 Å². The molecule has 1 aliphatic heterocycles. The Morgan fingerprint density at radius 1 is 1.29 bits per heavy atom. The van der Waals surface area contributed by atoms with Crippen molar-refractivity contribution in [2.45, 2.75) is 77.0 Å². The normalized spacial score (nSPS) is 20.0. The zero-order valence-electron chi connectivity index (χ0n) is 16.8. The molecule has 1 fully saturated rings. The maximum Gasteiger partial charge on any atom is 0.308 e. The van der Waals surface area contributed by atoms with Crippen LogP contribution in [0.5, 0.6) is 0 Å². The van der Waals surface area contributed by atoms with Gasteiger partial charge in [-0.3, -0.25) is 9.59 Å². The molecular formula is C21H32N2O5. The quantitative estimate of drug-likeness (QED) is 0.593. The summed E-state index contributed by atoms with van der Waals surface area (Å²) >= 11 is 0. The third-order valence-corrected chi connectivity index (χ3v) is 4.69. The van der Waals surface area contributed by atoms with Gasteiger partial charge in [-0.05, 0) is 38.2 Å². The zero-order chi connectivity index (χ0) is 20.4. The first-order valence-corrected chi connectivity index (χ1v) is 10.0. The molecule has 1 aromatic carbocycles. The molecule has 3 N–H and O–H groups in total. The molecule has 1 saturated heterocycles. The summed E-state index contributed by atoms with van der Waals surface area (Å²) in [6, 6.07) is 8.26. The predicted molar refractivity (Wildman–Crippen MR) is 105 cm³/mol. The van der Waals surface area contributed by atoms with Gasteiger partial charge in [0.25, 0.3) is 0 Å². The molecule has 0 aliphatic carbocycles. The second-order valence-corrected chi connectivity index (χ2v) is 7.13. The molecule has 2 unspecified atom stereocenters. The lowest BCUT2D eigenvalue weighted by molar-refractivity contribution is -0.196. The number of esters is 1. The molecule has 1 heterocycles. The predicted octanol–water partition coefficient (Wildman–Crippen LogP) is 2.27. The Morgan fingerprint density at radius 3 is 2.64 bits per heavy atom. The zero-order valence-corrected chi connectivity index (χ0v) is 16.8. The summed E-state index contributed by atoms with van der Waals surface area (Å²) in [6.45, 7) is 4.41. The van der Waals surface area contributed by atoms with E-state index in [0.29, 0.717) is 13.0 Å². The minimum Gasteiger partial charge on any atom is -0.461 e. The highest BCUT2D eigenvalue weighted by Crippen LogP contribution is 2.19. The minimum absolute atomic E-state index is 0.0104. The lowest BCUT2D eigenvalue weighted by Gasteiger charge is -2.32. The first kappa shape index (κ1) is 22.3. The van der Waals surface area contributed by atoms with E-state index in [-0.39, 0.29) is 31.3 Å². The van der Waals surface area contributed by atoms with Crippen LogP contribution in [0.15, 0.2) is 30.3 Å².